The molecule has 248 valence electrons. The minimum atomic E-state index is -1.22. The van der Waals surface area contributed by atoms with Crippen molar-refractivity contribution >= 4 is 34.3 Å². The fourth-order valence-corrected chi connectivity index (χ4v) is 5.33. The SMILES string of the molecule is CCCCc1ccc(C(=O)NCCCC(=O)N(NC(C)(C)C(=O)N(C)CCc2ccccn2)c2ccc3ncoc(=O)c3c2C)cc1. The Labute approximate surface area is 275 Å². The van der Waals surface area contributed by atoms with E-state index in [1.54, 1.807) is 51.0 Å². The van der Waals surface area contributed by atoms with Crippen LogP contribution in [0.15, 0.2) is 76.4 Å². The van der Waals surface area contributed by atoms with E-state index in [0.717, 1.165) is 31.4 Å². The summed E-state index contributed by atoms with van der Waals surface area (Å²) in [4.78, 5) is 62.9. The molecular formula is C36H44N6O5. The van der Waals surface area contributed by atoms with Gasteiger partial charge in [0.05, 0.1) is 16.6 Å². The maximum absolute atomic E-state index is 13.8. The van der Waals surface area contributed by atoms with Crippen LogP contribution < -0.4 is 21.4 Å². The van der Waals surface area contributed by atoms with Gasteiger partial charge in [-0.25, -0.2) is 20.2 Å². The van der Waals surface area contributed by atoms with E-state index >= 15 is 0 Å². The van der Waals surface area contributed by atoms with Gasteiger partial charge >= 0.3 is 5.63 Å². The highest BCUT2D eigenvalue weighted by Crippen LogP contribution is 2.27. The minimum absolute atomic E-state index is 0.0577. The smallest absolute Gasteiger partial charge is 0.346 e. The van der Waals surface area contributed by atoms with Crippen LogP contribution >= 0.6 is 0 Å². The van der Waals surface area contributed by atoms with Crippen LogP contribution in [0.2, 0.25) is 0 Å². The average Bonchev–Trinajstić information content (AvgIpc) is 3.07. The van der Waals surface area contributed by atoms with Gasteiger partial charge in [-0.1, -0.05) is 31.5 Å². The summed E-state index contributed by atoms with van der Waals surface area (Å²) in [5.74, 6) is -0.786. The lowest BCUT2D eigenvalue weighted by Crippen LogP contribution is -2.61. The number of amides is 3. The summed E-state index contributed by atoms with van der Waals surface area (Å²) in [6.07, 6.45) is 6.97. The highest BCUT2D eigenvalue weighted by molar-refractivity contribution is 5.98. The molecule has 0 aliphatic carbocycles. The van der Waals surface area contributed by atoms with Crippen LogP contribution in [-0.4, -0.2) is 58.3 Å². The first-order chi connectivity index (χ1) is 22.5. The molecule has 11 nitrogen and oxygen atoms in total. The number of unbranched alkanes of at least 4 members (excludes halogenated alkanes) is 1. The third kappa shape index (κ3) is 9.10. The van der Waals surface area contributed by atoms with E-state index in [1.165, 1.54) is 10.6 Å². The molecule has 2 aromatic heterocycles. The molecule has 0 aliphatic rings. The summed E-state index contributed by atoms with van der Waals surface area (Å²) in [5.41, 5.74) is 5.28. The Morgan fingerprint density at radius 2 is 1.72 bits per heavy atom. The Bertz CT molecular complexity index is 1740. The van der Waals surface area contributed by atoms with Crippen LogP contribution in [0.5, 0.6) is 0 Å². The number of anilines is 1. The summed E-state index contributed by atoms with van der Waals surface area (Å²) in [5, 5.41) is 4.46. The maximum Gasteiger partial charge on any atom is 0.346 e. The van der Waals surface area contributed by atoms with E-state index in [4.69, 9.17) is 4.42 Å². The minimum Gasteiger partial charge on any atom is -0.411 e. The first kappa shape index (κ1) is 35.0. The van der Waals surface area contributed by atoms with Crippen LogP contribution in [0.1, 0.15) is 73.6 Å². The summed E-state index contributed by atoms with van der Waals surface area (Å²) in [7, 11) is 1.71. The molecule has 0 unspecified atom stereocenters. The number of benzene rings is 2. The molecule has 0 fully saturated rings. The van der Waals surface area contributed by atoms with Crippen LogP contribution in [-0.2, 0) is 22.4 Å². The second-order valence-corrected chi connectivity index (χ2v) is 12.2. The van der Waals surface area contributed by atoms with Crippen molar-refractivity contribution < 1.29 is 18.8 Å². The van der Waals surface area contributed by atoms with Gasteiger partial charge in [0.1, 0.15) is 5.54 Å². The molecule has 0 aliphatic heterocycles. The number of nitrogens with zero attached hydrogens (tertiary/aromatic N) is 4. The molecule has 0 atom stereocenters. The largest absolute Gasteiger partial charge is 0.411 e. The van der Waals surface area contributed by atoms with E-state index in [0.29, 0.717) is 41.7 Å². The van der Waals surface area contributed by atoms with Crippen molar-refractivity contribution in [1.29, 1.82) is 0 Å². The van der Waals surface area contributed by atoms with Crippen molar-refractivity contribution in [3.63, 3.8) is 0 Å². The number of pyridine rings is 1. The number of carbonyl (C=O) groups is 3. The van der Waals surface area contributed by atoms with Gasteiger partial charge in [-0.15, -0.1) is 0 Å². The quantitative estimate of drug-likeness (QED) is 0.140. The van der Waals surface area contributed by atoms with Crippen molar-refractivity contribution in [3.8, 4) is 0 Å². The lowest BCUT2D eigenvalue weighted by Gasteiger charge is -2.36. The Morgan fingerprint density at radius 1 is 0.957 bits per heavy atom. The normalized spacial score (nSPS) is 11.3. The zero-order valence-corrected chi connectivity index (χ0v) is 27.8. The zero-order chi connectivity index (χ0) is 34.0. The predicted molar refractivity (Wildman–Crippen MR) is 182 cm³/mol. The molecular weight excluding hydrogens is 596 g/mol. The van der Waals surface area contributed by atoms with Crippen molar-refractivity contribution in [2.24, 2.45) is 0 Å². The van der Waals surface area contributed by atoms with E-state index in [2.05, 4.69) is 27.6 Å². The fraction of sp³-hybridized carbons (Fsp3) is 0.389. The molecule has 4 aromatic rings. The van der Waals surface area contributed by atoms with Gasteiger partial charge in [-0.3, -0.25) is 19.4 Å². The van der Waals surface area contributed by atoms with E-state index in [1.807, 2.05) is 42.5 Å². The number of aryl methyl sites for hydroxylation is 2. The highest BCUT2D eigenvalue weighted by Gasteiger charge is 2.35. The third-order valence-electron chi connectivity index (χ3n) is 8.05. The van der Waals surface area contributed by atoms with Gasteiger partial charge in [-0.2, -0.15) is 0 Å². The number of hydrazine groups is 1. The molecule has 2 heterocycles. The molecule has 2 N–H and O–H groups in total. The molecule has 0 radical (unpaired) electrons. The van der Waals surface area contributed by atoms with Crippen LogP contribution in [0.3, 0.4) is 0 Å². The lowest BCUT2D eigenvalue weighted by atomic mass is 10.0. The number of hydrogen-bond donors (Lipinski definition) is 2. The molecule has 0 spiro atoms. The second-order valence-electron chi connectivity index (χ2n) is 12.2. The van der Waals surface area contributed by atoms with Crippen molar-refractivity contribution in [2.45, 2.75) is 71.8 Å². The number of rotatable bonds is 15. The number of aromatic nitrogens is 2. The maximum atomic E-state index is 13.8. The van der Waals surface area contributed by atoms with E-state index in [9.17, 15) is 19.2 Å². The molecule has 11 heteroatoms. The summed E-state index contributed by atoms with van der Waals surface area (Å²) >= 11 is 0. The lowest BCUT2D eigenvalue weighted by molar-refractivity contribution is -0.136. The number of fused-ring (bicyclic) bond motifs is 1. The van der Waals surface area contributed by atoms with Gasteiger partial charge in [0, 0.05) is 50.4 Å². The van der Waals surface area contributed by atoms with E-state index < -0.39 is 11.2 Å². The summed E-state index contributed by atoms with van der Waals surface area (Å²) in [6.45, 7) is 7.96. The van der Waals surface area contributed by atoms with Crippen LogP contribution in [0.25, 0.3) is 10.9 Å². The Morgan fingerprint density at radius 3 is 2.43 bits per heavy atom. The molecule has 0 saturated heterocycles. The average molecular weight is 641 g/mol. The Hall–Kier alpha value is -4.90. The number of carbonyl (C=O) groups excluding carboxylic acids is 3. The number of hydrogen-bond acceptors (Lipinski definition) is 8. The second kappa shape index (κ2) is 16.1. The first-order valence-electron chi connectivity index (χ1n) is 16.0. The van der Waals surface area contributed by atoms with Gasteiger partial charge < -0.3 is 14.6 Å². The number of likely N-dealkylation sites (N-methyl/N-ethyl adjacent to an activating group) is 1. The zero-order valence-electron chi connectivity index (χ0n) is 27.8. The molecule has 0 saturated carbocycles. The molecule has 47 heavy (non-hydrogen) atoms. The van der Waals surface area contributed by atoms with Crippen LogP contribution in [0, 0.1) is 6.92 Å². The molecule has 2 aromatic carbocycles. The van der Waals surface area contributed by atoms with Gasteiger partial charge in [-0.05, 0) is 87.6 Å². The van der Waals surface area contributed by atoms with Gasteiger partial charge in [0.15, 0.2) is 6.39 Å². The summed E-state index contributed by atoms with van der Waals surface area (Å²) in [6, 6.07) is 16.5. The van der Waals surface area contributed by atoms with Gasteiger partial charge in [0.25, 0.3) is 5.91 Å². The monoisotopic (exact) mass is 640 g/mol. The fourth-order valence-electron chi connectivity index (χ4n) is 5.33. The number of nitrogens with one attached hydrogen (secondary N) is 2. The van der Waals surface area contributed by atoms with Crippen molar-refractivity contribution in [2.75, 3.05) is 25.1 Å². The third-order valence-corrected chi connectivity index (χ3v) is 8.05. The first-order valence-corrected chi connectivity index (χ1v) is 16.0. The predicted octanol–water partition coefficient (Wildman–Crippen LogP) is 4.76. The van der Waals surface area contributed by atoms with E-state index in [-0.39, 0.29) is 36.1 Å². The topological polar surface area (TPSA) is 138 Å². The summed E-state index contributed by atoms with van der Waals surface area (Å²) < 4.78 is 5.02. The highest BCUT2D eigenvalue weighted by atomic mass is 16.4. The molecule has 3 amide bonds. The van der Waals surface area contributed by atoms with Crippen molar-refractivity contribution in [1.82, 2.24) is 25.6 Å². The Balaban J connectivity index is 1.47. The van der Waals surface area contributed by atoms with Crippen LogP contribution in [0.4, 0.5) is 5.69 Å². The standard InChI is InChI=1S/C36H44N6O5/c1-6-7-11-26-14-16-27(17-15-26)33(44)38-22-10-13-31(43)42(30-19-18-29-32(25(30)2)34(45)47-24-39-29)40-36(3,4)35(46)41(5)23-20-28-12-8-9-21-37-28/h8-9,12,14-19,21,24,40H,6-7,10-11,13,20,22-23H2,1-5H3,(H,38,44). The van der Waals surface area contributed by atoms with Gasteiger partial charge in [0.2, 0.25) is 11.8 Å². The van der Waals surface area contributed by atoms with Crippen molar-refractivity contribution in [3.05, 3.63) is 100.0 Å². The molecule has 0 bridgehead atoms. The Kier molecular flexibility index (Phi) is 12.0. The molecule has 4 rings (SSSR count).